The first kappa shape index (κ1) is 19.5. The minimum Gasteiger partial charge on any atom is -0.432 e. The van der Waals surface area contributed by atoms with Crippen LogP contribution in [0.4, 0.5) is 0 Å². The van der Waals surface area contributed by atoms with Gasteiger partial charge in [0.1, 0.15) is 5.76 Å². The summed E-state index contributed by atoms with van der Waals surface area (Å²) >= 11 is 0. The van der Waals surface area contributed by atoms with E-state index in [-0.39, 0.29) is 11.4 Å². The molecule has 27 heavy (non-hydrogen) atoms. The lowest BCUT2D eigenvalue weighted by molar-refractivity contribution is -0.137. The van der Waals surface area contributed by atoms with Gasteiger partial charge in [-0.15, -0.1) is 0 Å². The van der Waals surface area contributed by atoms with Gasteiger partial charge in [0.05, 0.1) is 0 Å². The summed E-state index contributed by atoms with van der Waals surface area (Å²) in [6, 6.07) is 0. The maximum absolute atomic E-state index is 11.6. The number of fused-ring (bicyclic) bond motifs is 5. The predicted molar refractivity (Wildman–Crippen MR) is 110 cm³/mol. The van der Waals surface area contributed by atoms with Crippen LogP contribution in [0.25, 0.3) is 0 Å². The summed E-state index contributed by atoms with van der Waals surface area (Å²) in [5, 5.41) is 0. The third-order valence-electron chi connectivity index (χ3n) is 10.0. The van der Waals surface area contributed by atoms with E-state index < -0.39 is 0 Å². The van der Waals surface area contributed by atoms with E-state index in [0.29, 0.717) is 11.3 Å². The van der Waals surface area contributed by atoms with E-state index in [1.165, 1.54) is 57.4 Å². The molecule has 4 aliphatic rings. The summed E-state index contributed by atoms with van der Waals surface area (Å²) in [4.78, 5) is 11.6. The zero-order chi connectivity index (χ0) is 19.6. The Labute approximate surface area is 166 Å². The van der Waals surface area contributed by atoms with Crippen LogP contribution in [-0.4, -0.2) is 5.97 Å². The van der Waals surface area contributed by atoms with Crippen LogP contribution in [0.5, 0.6) is 0 Å². The summed E-state index contributed by atoms with van der Waals surface area (Å²) in [6.07, 6.45) is 11.0. The number of ether oxygens (including phenoxy) is 1. The standard InChI is InChI=1S/C25H40O2/c1-15-11-12-24(5)19(13-15)7-8-20-22-10-9-21(17(3)27-18(4)26)25(22,6)16(2)14-23(20)24/h15-16,19-20,22-23H,7-14H2,1-6H3/b21-17+/t15-,16+,19-,20?,22?,23?,24+,25-/m1/s1. The van der Waals surface area contributed by atoms with Crippen LogP contribution in [0, 0.1) is 46.3 Å². The molecule has 2 nitrogen and oxygen atoms in total. The predicted octanol–water partition coefficient (Wildman–Crippen LogP) is 6.75. The monoisotopic (exact) mass is 372 g/mol. The number of hydrogen-bond donors (Lipinski definition) is 0. The minimum absolute atomic E-state index is 0.169. The van der Waals surface area contributed by atoms with Crippen molar-refractivity contribution in [3.63, 3.8) is 0 Å². The van der Waals surface area contributed by atoms with Crippen molar-refractivity contribution in [3.05, 3.63) is 11.3 Å². The van der Waals surface area contributed by atoms with Gasteiger partial charge >= 0.3 is 5.97 Å². The number of esters is 1. The molecular formula is C25H40O2. The Kier molecular flexibility index (Phi) is 4.79. The van der Waals surface area contributed by atoms with Crippen molar-refractivity contribution in [2.24, 2.45) is 46.3 Å². The molecule has 8 atom stereocenters. The average molecular weight is 373 g/mol. The molecule has 0 saturated heterocycles. The highest BCUT2D eigenvalue weighted by molar-refractivity contribution is 5.67. The molecule has 152 valence electrons. The Morgan fingerprint density at radius 2 is 1.74 bits per heavy atom. The molecule has 4 rings (SSSR count). The Balaban J connectivity index is 1.66. The molecule has 2 heteroatoms. The van der Waals surface area contributed by atoms with Crippen LogP contribution in [-0.2, 0) is 9.53 Å². The first-order valence-corrected chi connectivity index (χ1v) is 11.6. The number of hydrogen-bond acceptors (Lipinski definition) is 2. The highest BCUT2D eigenvalue weighted by Gasteiger charge is 2.61. The Hall–Kier alpha value is -0.790. The summed E-state index contributed by atoms with van der Waals surface area (Å²) < 4.78 is 5.59. The van der Waals surface area contributed by atoms with Gasteiger partial charge in [0.25, 0.3) is 0 Å². The topological polar surface area (TPSA) is 26.3 Å². The fourth-order valence-corrected chi connectivity index (χ4v) is 8.45. The fraction of sp³-hybridized carbons (Fsp3) is 0.880. The van der Waals surface area contributed by atoms with Crippen molar-refractivity contribution < 1.29 is 9.53 Å². The van der Waals surface area contributed by atoms with Crippen LogP contribution < -0.4 is 0 Å². The summed E-state index contributed by atoms with van der Waals surface area (Å²) in [6.45, 7) is 13.7. The Morgan fingerprint density at radius 1 is 1.00 bits per heavy atom. The van der Waals surface area contributed by atoms with E-state index >= 15 is 0 Å². The Morgan fingerprint density at radius 3 is 2.44 bits per heavy atom. The summed E-state index contributed by atoms with van der Waals surface area (Å²) in [5.74, 6) is 5.87. The molecule has 3 unspecified atom stereocenters. The molecule has 0 heterocycles. The molecule has 4 saturated carbocycles. The number of carbonyl (C=O) groups excluding carboxylic acids is 1. The van der Waals surface area contributed by atoms with E-state index in [4.69, 9.17) is 4.74 Å². The van der Waals surface area contributed by atoms with Crippen LogP contribution in [0.3, 0.4) is 0 Å². The maximum atomic E-state index is 11.6. The van der Waals surface area contributed by atoms with Crippen molar-refractivity contribution in [2.75, 3.05) is 0 Å². The van der Waals surface area contributed by atoms with Crippen LogP contribution in [0.15, 0.2) is 11.3 Å². The van der Waals surface area contributed by atoms with Gasteiger partial charge < -0.3 is 4.74 Å². The van der Waals surface area contributed by atoms with Crippen molar-refractivity contribution in [1.29, 1.82) is 0 Å². The largest absolute Gasteiger partial charge is 0.432 e. The van der Waals surface area contributed by atoms with Gasteiger partial charge in [0, 0.05) is 6.92 Å². The van der Waals surface area contributed by atoms with E-state index in [1.54, 1.807) is 0 Å². The smallest absolute Gasteiger partial charge is 0.307 e. The van der Waals surface area contributed by atoms with Gasteiger partial charge in [0.2, 0.25) is 0 Å². The van der Waals surface area contributed by atoms with Crippen LogP contribution >= 0.6 is 0 Å². The van der Waals surface area contributed by atoms with Gasteiger partial charge in [-0.25, -0.2) is 0 Å². The molecule has 4 fully saturated rings. The van der Waals surface area contributed by atoms with Gasteiger partial charge in [0.15, 0.2) is 0 Å². The summed E-state index contributed by atoms with van der Waals surface area (Å²) in [5.41, 5.74) is 2.26. The molecular weight excluding hydrogens is 332 g/mol. The highest BCUT2D eigenvalue weighted by atomic mass is 16.5. The molecule has 0 bridgehead atoms. The van der Waals surface area contributed by atoms with Crippen molar-refractivity contribution in [1.82, 2.24) is 0 Å². The molecule has 0 aliphatic heterocycles. The molecule has 0 aromatic carbocycles. The van der Waals surface area contributed by atoms with Crippen molar-refractivity contribution in [3.8, 4) is 0 Å². The Bertz CT molecular complexity index is 649. The minimum atomic E-state index is -0.169. The van der Waals surface area contributed by atoms with Crippen molar-refractivity contribution in [2.45, 2.75) is 92.9 Å². The summed E-state index contributed by atoms with van der Waals surface area (Å²) in [7, 11) is 0. The second-order valence-electron chi connectivity index (χ2n) is 11.1. The molecule has 0 radical (unpaired) electrons. The van der Waals surface area contributed by atoms with Crippen molar-refractivity contribution >= 4 is 5.97 Å². The van der Waals surface area contributed by atoms with Gasteiger partial charge in [-0.2, -0.15) is 0 Å². The zero-order valence-electron chi connectivity index (χ0n) is 18.4. The van der Waals surface area contributed by atoms with E-state index in [9.17, 15) is 4.79 Å². The number of carbonyl (C=O) groups is 1. The first-order valence-electron chi connectivity index (χ1n) is 11.6. The number of allylic oxidation sites excluding steroid dienone is 2. The third-order valence-corrected chi connectivity index (χ3v) is 10.0. The molecule has 0 amide bonds. The lowest BCUT2D eigenvalue weighted by atomic mass is 9.43. The fourth-order valence-electron chi connectivity index (χ4n) is 8.45. The SMILES string of the molecule is CC(=O)O/C(C)=C1\CCC2C3CC[C@@H]4C[C@H](C)CC[C@]4(C)C3C[C@H](C)[C@]12C. The lowest BCUT2D eigenvalue weighted by Gasteiger charge is -2.62. The molecule has 0 aromatic rings. The lowest BCUT2D eigenvalue weighted by Crippen LogP contribution is -2.55. The van der Waals surface area contributed by atoms with E-state index in [0.717, 1.165) is 41.8 Å². The number of rotatable bonds is 1. The maximum Gasteiger partial charge on any atom is 0.307 e. The second-order valence-corrected chi connectivity index (χ2v) is 11.1. The highest BCUT2D eigenvalue weighted by Crippen LogP contribution is 2.69. The van der Waals surface area contributed by atoms with E-state index in [1.807, 2.05) is 6.92 Å². The molecule has 0 aromatic heterocycles. The first-order chi connectivity index (χ1) is 12.7. The molecule has 0 N–H and O–H groups in total. The van der Waals surface area contributed by atoms with Gasteiger partial charge in [-0.1, -0.05) is 34.1 Å². The zero-order valence-corrected chi connectivity index (χ0v) is 18.4. The van der Waals surface area contributed by atoms with E-state index in [2.05, 4.69) is 27.7 Å². The third kappa shape index (κ3) is 2.84. The average Bonchev–Trinajstić information content (AvgIpc) is 2.95. The van der Waals surface area contributed by atoms with Crippen LogP contribution in [0.1, 0.15) is 92.9 Å². The van der Waals surface area contributed by atoms with Gasteiger partial charge in [-0.05, 0) is 104 Å². The normalized spacial score (nSPS) is 51.0. The second kappa shape index (κ2) is 6.63. The van der Waals surface area contributed by atoms with Crippen LogP contribution in [0.2, 0.25) is 0 Å². The van der Waals surface area contributed by atoms with Gasteiger partial charge in [-0.3, -0.25) is 4.79 Å². The molecule has 0 spiro atoms. The quantitative estimate of drug-likeness (QED) is 0.376. The molecule has 4 aliphatic carbocycles.